The summed E-state index contributed by atoms with van der Waals surface area (Å²) in [5.41, 5.74) is 0.796. The fourth-order valence-electron chi connectivity index (χ4n) is 3.35. The van der Waals surface area contributed by atoms with Crippen LogP contribution in [0.3, 0.4) is 0 Å². The van der Waals surface area contributed by atoms with Crippen molar-refractivity contribution in [1.29, 1.82) is 0 Å². The van der Waals surface area contributed by atoms with Crippen LogP contribution < -0.4 is 32.5 Å². The van der Waals surface area contributed by atoms with Gasteiger partial charge in [-0.1, -0.05) is 0 Å². The Balaban J connectivity index is 0.00000274. The molecule has 1 aromatic carbocycles. The Morgan fingerprint density at radius 1 is 1.09 bits per heavy atom. The van der Waals surface area contributed by atoms with Gasteiger partial charge in [-0.2, -0.15) is 9.90 Å². The van der Waals surface area contributed by atoms with Gasteiger partial charge in [-0.25, -0.2) is 15.0 Å². The molecule has 0 radical (unpaired) electrons. The topological polar surface area (TPSA) is 116 Å². The quantitative estimate of drug-likeness (QED) is 0.300. The first-order valence-corrected chi connectivity index (χ1v) is 11.2. The number of nitrogens with zero attached hydrogens (tertiary/aromatic N) is 6. The largest absolute Gasteiger partial charge is 1.00 e. The van der Waals surface area contributed by atoms with Gasteiger partial charge in [0.1, 0.15) is 36.8 Å². The fraction of sp³-hybridized carbons (Fsp3) is 0.348. The summed E-state index contributed by atoms with van der Waals surface area (Å²) in [4.78, 5) is 14.8. The predicted octanol–water partition coefficient (Wildman–Crippen LogP) is -0.158. The minimum Gasteiger partial charge on any atom is -1.00 e. The van der Waals surface area contributed by atoms with Crippen molar-refractivity contribution in [3.63, 3.8) is 0 Å². The Morgan fingerprint density at radius 3 is 2.71 bits per heavy atom. The van der Waals surface area contributed by atoms with Crippen molar-refractivity contribution in [3.05, 3.63) is 49.1 Å². The summed E-state index contributed by atoms with van der Waals surface area (Å²) < 4.78 is 11.7. The third-order valence-corrected chi connectivity index (χ3v) is 5.19. The van der Waals surface area contributed by atoms with E-state index >= 15 is 0 Å². The number of benzene rings is 1. The SMILES string of the molecule is CC(C)[NH2+]CCOc1ccc(Oc2ccc3ncnc(Nc4cnn(C5CC5)n4)c3c2)nc1.[Cl-]. The van der Waals surface area contributed by atoms with E-state index in [2.05, 4.69) is 49.6 Å². The summed E-state index contributed by atoms with van der Waals surface area (Å²) in [7, 11) is 0. The molecule has 178 valence electrons. The maximum absolute atomic E-state index is 5.96. The first kappa shape index (κ1) is 23.7. The molecule has 34 heavy (non-hydrogen) atoms. The van der Waals surface area contributed by atoms with Crippen LogP contribution in [0.25, 0.3) is 10.9 Å². The number of pyridine rings is 1. The van der Waals surface area contributed by atoms with E-state index < -0.39 is 0 Å². The van der Waals surface area contributed by atoms with Crippen LogP contribution in [0.15, 0.2) is 49.1 Å². The standard InChI is InChI=1S/C23H26N8O2.ClH/c1-15(2)24-9-10-32-18-6-8-22(25-12-18)33-17-5-7-20-19(11-17)23(27-14-26-20)29-21-13-28-31(30-21)16-3-4-16;/h5-8,11-16,24H,3-4,9-10H2,1-2H3,(H,26,27,29,30);1H. The lowest BCUT2D eigenvalue weighted by atomic mass is 10.2. The molecule has 0 bridgehead atoms. The predicted molar refractivity (Wildman–Crippen MR) is 123 cm³/mol. The van der Waals surface area contributed by atoms with E-state index in [0.29, 0.717) is 42.0 Å². The molecule has 0 saturated heterocycles. The highest BCUT2D eigenvalue weighted by Crippen LogP contribution is 2.34. The molecule has 1 aliphatic carbocycles. The Hall–Kier alpha value is -3.50. The second-order valence-electron chi connectivity index (χ2n) is 8.36. The Labute approximate surface area is 203 Å². The van der Waals surface area contributed by atoms with Gasteiger partial charge in [0.05, 0.1) is 30.0 Å². The smallest absolute Gasteiger partial charge is 0.219 e. The number of nitrogens with one attached hydrogen (secondary N) is 1. The molecule has 0 amide bonds. The highest BCUT2D eigenvalue weighted by molar-refractivity contribution is 5.91. The molecule has 1 fully saturated rings. The number of fused-ring (bicyclic) bond motifs is 1. The molecule has 10 nitrogen and oxygen atoms in total. The Bertz CT molecular complexity index is 1230. The Morgan fingerprint density at radius 2 is 1.94 bits per heavy atom. The number of anilines is 2. The lowest BCUT2D eigenvalue weighted by molar-refractivity contribution is -0.683. The van der Waals surface area contributed by atoms with Gasteiger partial charge in [0.15, 0.2) is 5.82 Å². The summed E-state index contributed by atoms with van der Waals surface area (Å²) in [6.07, 6.45) is 7.16. The molecule has 0 atom stereocenters. The molecule has 0 unspecified atom stereocenters. The van der Waals surface area contributed by atoms with Gasteiger partial charge >= 0.3 is 0 Å². The summed E-state index contributed by atoms with van der Waals surface area (Å²) in [5, 5.41) is 15.1. The molecule has 1 aliphatic rings. The van der Waals surface area contributed by atoms with Gasteiger partial charge in [0, 0.05) is 11.5 Å². The summed E-state index contributed by atoms with van der Waals surface area (Å²) in [5.74, 6) is 3.13. The van der Waals surface area contributed by atoms with Crippen LogP contribution in [0.2, 0.25) is 0 Å². The van der Waals surface area contributed by atoms with Crippen LogP contribution in [0, 0.1) is 0 Å². The van der Waals surface area contributed by atoms with Crippen LogP contribution in [0.5, 0.6) is 17.4 Å². The lowest BCUT2D eigenvalue weighted by Crippen LogP contribution is -3.00. The molecular formula is C23H27ClN8O2. The highest BCUT2D eigenvalue weighted by Gasteiger charge is 2.25. The van der Waals surface area contributed by atoms with E-state index in [0.717, 1.165) is 36.0 Å². The first-order chi connectivity index (χ1) is 16.1. The van der Waals surface area contributed by atoms with E-state index in [9.17, 15) is 0 Å². The van der Waals surface area contributed by atoms with Gasteiger partial charge in [-0.3, -0.25) is 0 Å². The van der Waals surface area contributed by atoms with Crippen LogP contribution in [-0.4, -0.2) is 49.1 Å². The van der Waals surface area contributed by atoms with Crippen molar-refractivity contribution in [2.24, 2.45) is 0 Å². The third kappa shape index (κ3) is 5.89. The normalized spacial score (nSPS) is 13.0. The number of nitrogens with two attached hydrogens (primary N) is 1. The van der Waals surface area contributed by atoms with Crippen molar-refractivity contribution in [2.45, 2.75) is 38.8 Å². The molecule has 11 heteroatoms. The lowest BCUT2D eigenvalue weighted by Gasteiger charge is -2.10. The first-order valence-electron chi connectivity index (χ1n) is 11.2. The minimum atomic E-state index is 0. The number of rotatable bonds is 10. The van der Waals surface area contributed by atoms with Crippen LogP contribution in [-0.2, 0) is 0 Å². The zero-order valence-electron chi connectivity index (χ0n) is 19.1. The number of hydrogen-bond acceptors (Lipinski definition) is 8. The van der Waals surface area contributed by atoms with Crippen molar-refractivity contribution in [3.8, 4) is 17.4 Å². The van der Waals surface area contributed by atoms with Gasteiger partial charge in [-0.15, -0.1) is 5.10 Å². The number of aromatic nitrogens is 6. The van der Waals surface area contributed by atoms with Gasteiger partial charge in [-0.05, 0) is 51.0 Å². The zero-order valence-corrected chi connectivity index (χ0v) is 19.8. The summed E-state index contributed by atoms with van der Waals surface area (Å²) >= 11 is 0. The van der Waals surface area contributed by atoms with Crippen molar-refractivity contribution in [1.82, 2.24) is 29.9 Å². The van der Waals surface area contributed by atoms with Gasteiger partial charge in [0.2, 0.25) is 5.88 Å². The van der Waals surface area contributed by atoms with Crippen molar-refractivity contribution < 1.29 is 27.2 Å². The zero-order chi connectivity index (χ0) is 22.6. The second-order valence-corrected chi connectivity index (χ2v) is 8.36. The number of ether oxygens (including phenoxy) is 2. The Kier molecular flexibility index (Phi) is 7.39. The number of quaternary nitrogens is 1. The maximum Gasteiger partial charge on any atom is 0.219 e. The van der Waals surface area contributed by atoms with E-state index in [1.807, 2.05) is 24.3 Å². The monoisotopic (exact) mass is 482 g/mol. The maximum atomic E-state index is 5.96. The average molecular weight is 483 g/mol. The summed E-state index contributed by atoms with van der Waals surface area (Å²) in [6, 6.07) is 10.3. The summed E-state index contributed by atoms with van der Waals surface area (Å²) in [6.45, 7) is 5.86. The van der Waals surface area contributed by atoms with Crippen molar-refractivity contribution in [2.75, 3.05) is 18.5 Å². The molecule has 5 rings (SSSR count). The molecule has 4 aromatic rings. The molecule has 3 heterocycles. The minimum absolute atomic E-state index is 0. The molecule has 3 aromatic heterocycles. The molecule has 0 spiro atoms. The van der Waals surface area contributed by atoms with E-state index in [1.165, 1.54) is 6.33 Å². The van der Waals surface area contributed by atoms with Gasteiger partial charge in [0.25, 0.3) is 0 Å². The third-order valence-electron chi connectivity index (χ3n) is 5.19. The second kappa shape index (κ2) is 10.6. The van der Waals surface area contributed by atoms with E-state index in [4.69, 9.17) is 9.47 Å². The highest BCUT2D eigenvalue weighted by atomic mass is 35.5. The van der Waals surface area contributed by atoms with E-state index in [-0.39, 0.29) is 12.4 Å². The molecule has 3 N–H and O–H groups in total. The molecular weight excluding hydrogens is 456 g/mol. The number of hydrogen-bond donors (Lipinski definition) is 2. The van der Waals surface area contributed by atoms with Crippen molar-refractivity contribution >= 4 is 22.5 Å². The fourth-order valence-corrected chi connectivity index (χ4v) is 3.35. The molecule has 0 aliphatic heterocycles. The van der Waals surface area contributed by atoms with Crippen LogP contribution >= 0.6 is 0 Å². The van der Waals surface area contributed by atoms with Crippen LogP contribution in [0.1, 0.15) is 32.7 Å². The molecule has 1 saturated carbocycles. The average Bonchev–Trinajstić information content (AvgIpc) is 3.57. The van der Waals surface area contributed by atoms with Crippen LogP contribution in [0.4, 0.5) is 11.6 Å². The van der Waals surface area contributed by atoms with Gasteiger partial charge < -0.3 is 32.5 Å². The number of halogens is 1. The van der Waals surface area contributed by atoms with E-state index in [1.54, 1.807) is 23.3 Å².